The second-order valence-corrected chi connectivity index (χ2v) is 4.96. The Morgan fingerprint density at radius 2 is 1.92 bits per heavy atom. The Morgan fingerprint density at radius 1 is 1.33 bits per heavy atom. The average molecular weight is 238 g/mol. The van der Waals surface area contributed by atoms with Crippen molar-refractivity contribution in [3.05, 3.63) is 0 Å². The lowest BCUT2D eigenvalue weighted by Gasteiger charge is -2.21. The highest BCUT2D eigenvalue weighted by Crippen LogP contribution is 2.04. The molecule has 0 aliphatic heterocycles. The summed E-state index contributed by atoms with van der Waals surface area (Å²) in [6.07, 6.45) is 0. The van der Waals surface area contributed by atoms with Crippen molar-refractivity contribution in [1.82, 2.24) is 4.90 Å². The molecule has 1 unspecified atom stereocenters. The van der Waals surface area contributed by atoms with Crippen molar-refractivity contribution in [3.8, 4) is 0 Å². The van der Waals surface area contributed by atoms with Gasteiger partial charge in [-0.15, -0.1) is 0 Å². The van der Waals surface area contributed by atoms with E-state index in [1.807, 2.05) is 0 Å². The Kier molecular flexibility index (Phi) is 7.10. The first-order chi connectivity index (χ1) is 5.56. The van der Waals surface area contributed by atoms with Crippen molar-refractivity contribution in [2.75, 3.05) is 33.9 Å². The van der Waals surface area contributed by atoms with Crippen molar-refractivity contribution in [3.63, 3.8) is 0 Å². The van der Waals surface area contributed by atoms with Crippen molar-refractivity contribution >= 4 is 15.9 Å². The van der Waals surface area contributed by atoms with E-state index in [1.54, 1.807) is 7.11 Å². The molecule has 0 saturated heterocycles. The Balaban J connectivity index is 3.46. The zero-order valence-electron chi connectivity index (χ0n) is 8.51. The van der Waals surface area contributed by atoms with E-state index in [0.29, 0.717) is 4.83 Å². The Labute approximate surface area is 84.4 Å². The molecule has 0 radical (unpaired) electrons. The van der Waals surface area contributed by atoms with Crippen LogP contribution in [0.25, 0.3) is 0 Å². The van der Waals surface area contributed by atoms with Crippen LogP contribution >= 0.6 is 15.9 Å². The minimum absolute atomic E-state index is 0.450. The molecule has 0 aliphatic carbocycles. The van der Waals surface area contributed by atoms with E-state index >= 15 is 0 Å². The maximum absolute atomic E-state index is 5.04. The molecular formula is C9H20BrNO. The first-order valence-corrected chi connectivity index (χ1v) is 5.29. The molecule has 0 aromatic carbocycles. The van der Waals surface area contributed by atoms with Gasteiger partial charge in [0, 0.05) is 20.2 Å². The first kappa shape index (κ1) is 12.4. The third-order valence-corrected chi connectivity index (χ3v) is 2.09. The fraction of sp³-hybridized carbons (Fsp3) is 1.00. The standard InChI is InChI=1S/C9H20BrNO/c1-8(2)5-11(3)6-9(10)7-12-4/h8-9H,5-7H2,1-4H3. The van der Waals surface area contributed by atoms with Gasteiger partial charge < -0.3 is 9.64 Å². The van der Waals surface area contributed by atoms with Gasteiger partial charge in [-0.1, -0.05) is 29.8 Å². The van der Waals surface area contributed by atoms with E-state index in [0.717, 1.165) is 25.6 Å². The largest absolute Gasteiger partial charge is 0.383 e. The lowest BCUT2D eigenvalue weighted by atomic mass is 10.2. The Bertz CT molecular complexity index is 109. The van der Waals surface area contributed by atoms with Crippen molar-refractivity contribution in [1.29, 1.82) is 0 Å². The second-order valence-electron chi connectivity index (χ2n) is 3.67. The summed E-state index contributed by atoms with van der Waals surface area (Å²) in [7, 11) is 3.88. The molecule has 0 heterocycles. The summed E-state index contributed by atoms with van der Waals surface area (Å²) in [6, 6.07) is 0. The van der Waals surface area contributed by atoms with Gasteiger partial charge in [-0.05, 0) is 13.0 Å². The van der Waals surface area contributed by atoms with Gasteiger partial charge in [-0.25, -0.2) is 0 Å². The maximum Gasteiger partial charge on any atom is 0.0600 e. The van der Waals surface area contributed by atoms with Crippen LogP contribution in [0.2, 0.25) is 0 Å². The minimum Gasteiger partial charge on any atom is -0.383 e. The summed E-state index contributed by atoms with van der Waals surface area (Å²) < 4.78 is 5.04. The molecule has 0 aromatic heterocycles. The summed E-state index contributed by atoms with van der Waals surface area (Å²) in [5.74, 6) is 0.734. The van der Waals surface area contributed by atoms with E-state index in [-0.39, 0.29) is 0 Å². The number of halogens is 1. The van der Waals surface area contributed by atoms with Gasteiger partial charge in [0.25, 0.3) is 0 Å². The van der Waals surface area contributed by atoms with Crippen LogP contribution in [0.15, 0.2) is 0 Å². The van der Waals surface area contributed by atoms with Gasteiger partial charge >= 0.3 is 0 Å². The lowest BCUT2D eigenvalue weighted by molar-refractivity contribution is 0.183. The SMILES string of the molecule is COCC(Br)CN(C)CC(C)C. The van der Waals surface area contributed by atoms with Gasteiger partial charge in [0.1, 0.15) is 0 Å². The Hall–Kier alpha value is 0.400. The first-order valence-electron chi connectivity index (χ1n) is 4.37. The van der Waals surface area contributed by atoms with Gasteiger partial charge in [0.05, 0.1) is 11.4 Å². The molecular weight excluding hydrogens is 218 g/mol. The molecule has 2 nitrogen and oxygen atoms in total. The smallest absolute Gasteiger partial charge is 0.0600 e. The highest BCUT2D eigenvalue weighted by molar-refractivity contribution is 9.09. The molecule has 0 saturated carbocycles. The number of hydrogen-bond acceptors (Lipinski definition) is 2. The van der Waals surface area contributed by atoms with E-state index in [1.165, 1.54) is 0 Å². The number of nitrogens with zero attached hydrogens (tertiary/aromatic N) is 1. The molecule has 3 heteroatoms. The summed E-state index contributed by atoms with van der Waals surface area (Å²) in [5, 5.41) is 0. The van der Waals surface area contributed by atoms with Crippen molar-refractivity contribution in [2.45, 2.75) is 18.7 Å². The normalized spacial score (nSPS) is 14.2. The summed E-state index contributed by atoms with van der Waals surface area (Å²) in [5.41, 5.74) is 0. The zero-order chi connectivity index (χ0) is 9.56. The van der Waals surface area contributed by atoms with Crippen LogP contribution < -0.4 is 0 Å². The molecule has 0 bridgehead atoms. The van der Waals surface area contributed by atoms with Crippen LogP contribution in [-0.2, 0) is 4.74 Å². The van der Waals surface area contributed by atoms with E-state index in [4.69, 9.17) is 4.74 Å². The molecule has 0 spiro atoms. The van der Waals surface area contributed by atoms with Gasteiger partial charge in [0.15, 0.2) is 0 Å². The molecule has 0 amide bonds. The van der Waals surface area contributed by atoms with Crippen LogP contribution in [0.4, 0.5) is 0 Å². The third kappa shape index (κ3) is 7.07. The van der Waals surface area contributed by atoms with E-state index in [2.05, 4.69) is 41.7 Å². The fourth-order valence-electron chi connectivity index (χ4n) is 1.27. The minimum atomic E-state index is 0.450. The van der Waals surface area contributed by atoms with Crippen molar-refractivity contribution < 1.29 is 4.74 Å². The molecule has 0 N–H and O–H groups in total. The zero-order valence-corrected chi connectivity index (χ0v) is 10.1. The number of alkyl halides is 1. The number of hydrogen-bond donors (Lipinski definition) is 0. The molecule has 0 aromatic rings. The van der Waals surface area contributed by atoms with Gasteiger partial charge in [-0.3, -0.25) is 0 Å². The van der Waals surface area contributed by atoms with Crippen LogP contribution in [0.5, 0.6) is 0 Å². The summed E-state index contributed by atoms with van der Waals surface area (Å²) in [6.45, 7) is 7.44. The monoisotopic (exact) mass is 237 g/mol. The Morgan fingerprint density at radius 3 is 2.33 bits per heavy atom. The maximum atomic E-state index is 5.04. The highest BCUT2D eigenvalue weighted by atomic mass is 79.9. The number of rotatable bonds is 6. The molecule has 0 fully saturated rings. The highest BCUT2D eigenvalue weighted by Gasteiger charge is 2.08. The van der Waals surface area contributed by atoms with Gasteiger partial charge in [0.2, 0.25) is 0 Å². The van der Waals surface area contributed by atoms with Crippen molar-refractivity contribution in [2.24, 2.45) is 5.92 Å². The van der Waals surface area contributed by atoms with Crippen LogP contribution in [0.1, 0.15) is 13.8 Å². The van der Waals surface area contributed by atoms with Gasteiger partial charge in [-0.2, -0.15) is 0 Å². The molecule has 12 heavy (non-hydrogen) atoms. The second kappa shape index (κ2) is 6.87. The van der Waals surface area contributed by atoms with E-state index < -0.39 is 0 Å². The molecule has 0 rings (SSSR count). The van der Waals surface area contributed by atoms with Crippen LogP contribution in [0.3, 0.4) is 0 Å². The van der Waals surface area contributed by atoms with E-state index in [9.17, 15) is 0 Å². The third-order valence-electron chi connectivity index (χ3n) is 1.53. The topological polar surface area (TPSA) is 12.5 Å². The predicted molar refractivity (Wildman–Crippen MR) is 56.9 cm³/mol. The number of ether oxygens (including phenoxy) is 1. The molecule has 0 aliphatic rings. The van der Waals surface area contributed by atoms with Crippen LogP contribution in [-0.4, -0.2) is 43.6 Å². The molecule has 1 atom stereocenters. The predicted octanol–water partition coefficient (Wildman–Crippen LogP) is 1.98. The quantitative estimate of drug-likeness (QED) is 0.656. The number of methoxy groups -OCH3 is 1. The molecule has 74 valence electrons. The summed E-state index contributed by atoms with van der Waals surface area (Å²) in [4.78, 5) is 2.77. The fourth-order valence-corrected chi connectivity index (χ4v) is 2.03. The van der Waals surface area contributed by atoms with Crippen LogP contribution in [0, 0.1) is 5.92 Å². The average Bonchev–Trinajstić information content (AvgIpc) is 1.84. The summed E-state index contributed by atoms with van der Waals surface area (Å²) >= 11 is 3.56. The lowest BCUT2D eigenvalue weighted by Crippen LogP contribution is -2.31.